The van der Waals surface area contributed by atoms with Crippen LogP contribution < -0.4 is 17.0 Å². The third kappa shape index (κ3) is 24.9. The first-order valence-electron chi connectivity index (χ1n) is 14.0. The van der Waals surface area contributed by atoms with Crippen LogP contribution in [0.2, 0.25) is 0 Å². The normalized spacial score (nSPS) is 12.2. The van der Waals surface area contributed by atoms with E-state index in [1.807, 2.05) is 0 Å². The Morgan fingerprint density at radius 2 is 0.548 bits per heavy atom. The molecule has 2 nitrogen and oxygen atoms in total. The van der Waals surface area contributed by atoms with E-state index in [1.54, 1.807) is 0 Å². The van der Waals surface area contributed by atoms with E-state index in [9.17, 15) is 0 Å². The summed E-state index contributed by atoms with van der Waals surface area (Å²) in [5.41, 5.74) is 0. The van der Waals surface area contributed by atoms with Crippen LogP contribution in [0.3, 0.4) is 0 Å². The number of halogens is 1. The van der Waals surface area contributed by atoms with Gasteiger partial charge in [-0.1, -0.05) is 104 Å². The maximum absolute atomic E-state index is 2.45. The van der Waals surface area contributed by atoms with Crippen LogP contribution in [-0.4, -0.2) is 63.3 Å². The number of quaternary nitrogens is 2. The van der Waals surface area contributed by atoms with Gasteiger partial charge < -0.3 is 25.9 Å². The van der Waals surface area contributed by atoms with E-state index in [-0.39, 0.29) is 17.0 Å². The van der Waals surface area contributed by atoms with Crippen molar-refractivity contribution < 1.29 is 25.9 Å². The van der Waals surface area contributed by atoms with E-state index in [0.717, 1.165) is 0 Å². The van der Waals surface area contributed by atoms with Crippen LogP contribution in [0.15, 0.2) is 0 Å². The Morgan fingerprint density at radius 1 is 0.323 bits per heavy atom. The smallest absolute Gasteiger partial charge is 0.128 e. The van der Waals surface area contributed by atoms with Crippen LogP contribution in [0, 0.1) is 0 Å². The second kappa shape index (κ2) is 22.2. The molecule has 0 saturated carbocycles. The van der Waals surface area contributed by atoms with Gasteiger partial charge in [-0.15, -0.1) is 0 Å². The monoisotopic (exact) mass is 505 g/mol. The molecule has 0 aliphatic heterocycles. The van der Waals surface area contributed by atoms with Crippen LogP contribution in [-0.2, 0) is 0 Å². The molecule has 0 rings (SSSR count). The van der Waals surface area contributed by atoms with Gasteiger partial charge in [-0.2, -0.15) is 0 Å². The van der Waals surface area contributed by atoms with Gasteiger partial charge in [-0.25, -0.2) is 0 Å². The van der Waals surface area contributed by atoms with Crippen molar-refractivity contribution in [2.24, 2.45) is 0 Å². The van der Waals surface area contributed by atoms with E-state index >= 15 is 0 Å². The van der Waals surface area contributed by atoms with E-state index in [4.69, 9.17) is 0 Å². The summed E-state index contributed by atoms with van der Waals surface area (Å²) < 4.78 is 2.41. The highest BCUT2D eigenvalue weighted by atomic mass is 79.9. The first-order valence-corrected chi connectivity index (χ1v) is 14.0. The van der Waals surface area contributed by atoms with Crippen molar-refractivity contribution in [3.8, 4) is 0 Å². The van der Waals surface area contributed by atoms with Crippen molar-refractivity contribution in [1.29, 1.82) is 0 Å². The average molecular weight is 507 g/mol. The molecule has 0 N–H and O–H groups in total. The highest BCUT2D eigenvalue weighted by molar-refractivity contribution is 4.49. The zero-order valence-corrected chi connectivity index (χ0v) is 24.4. The fourth-order valence-electron chi connectivity index (χ4n) is 4.47. The van der Waals surface area contributed by atoms with Gasteiger partial charge in [0.2, 0.25) is 0 Å². The van der Waals surface area contributed by atoms with E-state index in [0.29, 0.717) is 0 Å². The Kier molecular flexibility index (Phi) is 24.0. The molecule has 190 valence electrons. The SMILES string of the molecule is CCCCCCCCCCC[N+](C)(C)CC[N+](C)(C)CCCCCCCCCCC.[Br-]. The molecule has 0 aromatic heterocycles. The molecule has 0 bridgehead atoms. The van der Waals surface area contributed by atoms with Crippen LogP contribution in [0.1, 0.15) is 129 Å². The molecule has 0 fully saturated rings. The summed E-state index contributed by atoms with van der Waals surface area (Å²) in [6.45, 7) is 9.96. The summed E-state index contributed by atoms with van der Waals surface area (Å²) in [5.74, 6) is 0. The summed E-state index contributed by atoms with van der Waals surface area (Å²) in [7, 11) is 9.79. The average Bonchev–Trinajstić information content (AvgIpc) is 2.70. The van der Waals surface area contributed by atoms with Crippen molar-refractivity contribution in [3.63, 3.8) is 0 Å². The van der Waals surface area contributed by atoms with Gasteiger partial charge in [-0.3, -0.25) is 0 Å². The molecule has 0 saturated heterocycles. The van der Waals surface area contributed by atoms with E-state index in [1.165, 1.54) is 151 Å². The lowest BCUT2D eigenvalue weighted by Crippen LogP contribution is -3.00. The molecule has 0 aromatic carbocycles. The summed E-state index contributed by atoms with van der Waals surface area (Å²) in [5, 5.41) is 0. The predicted octanol–water partition coefficient (Wildman–Crippen LogP) is 5.20. The quantitative estimate of drug-likeness (QED) is 0.132. The van der Waals surface area contributed by atoms with Gasteiger partial charge in [0.05, 0.1) is 41.3 Å². The Morgan fingerprint density at radius 3 is 0.806 bits per heavy atom. The van der Waals surface area contributed by atoms with Crippen molar-refractivity contribution in [2.45, 2.75) is 129 Å². The van der Waals surface area contributed by atoms with Gasteiger partial charge >= 0.3 is 0 Å². The van der Waals surface area contributed by atoms with Crippen LogP contribution >= 0.6 is 0 Å². The van der Waals surface area contributed by atoms with E-state index < -0.39 is 0 Å². The van der Waals surface area contributed by atoms with Crippen molar-refractivity contribution in [1.82, 2.24) is 0 Å². The molecule has 0 aliphatic rings. The molecule has 0 unspecified atom stereocenters. The summed E-state index contributed by atoms with van der Waals surface area (Å²) in [6.07, 6.45) is 25.8. The molecule has 0 radical (unpaired) electrons. The third-order valence-corrected chi connectivity index (χ3v) is 7.04. The van der Waals surface area contributed by atoms with Crippen LogP contribution in [0.25, 0.3) is 0 Å². The lowest BCUT2D eigenvalue weighted by molar-refractivity contribution is -0.946. The molecule has 0 aromatic rings. The molecule has 0 heterocycles. The van der Waals surface area contributed by atoms with Crippen molar-refractivity contribution >= 4 is 0 Å². The highest BCUT2D eigenvalue weighted by Crippen LogP contribution is 2.13. The minimum Gasteiger partial charge on any atom is -1.00 e. The molecular formula is C28H62BrN2+. The number of hydrogen-bond acceptors (Lipinski definition) is 0. The Labute approximate surface area is 209 Å². The molecule has 0 spiro atoms. The van der Waals surface area contributed by atoms with Crippen molar-refractivity contribution in [3.05, 3.63) is 0 Å². The Hall–Kier alpha value is 0.400. The minimum atomic E-state index is 0. The summed E-state index contributed by atoms with van der Waals surface area (Å²) in [6, 6.07) is 0. The highest BCUT2D eigenvalue weighted by Gasteiger charge is 2.22. The first-order chi connectivity index (χ1) is 14.3. The zero-order chi connectivity index (χ0) is 22.6. The van der Waals surface area contributed by atoms with Gasteiger partial charge in [0.15, 0.2) is 0 Å². The molecule has 3 heteroatoms. The maximum Gasteiger partial charge on any atom is 0.128 e. The first kappa shape index (κ1) is 33.6. The number of rotatable bonds is 23. The van der Waals surface area contributed by atoms with Gasteiger partial charge in [0.1, 0.15) is 13.1 Å². The predicted molar refractivity (Wildman–Crippen MR) is 138 cm³/mol. The Bertz CT molecular complexity index is 321. The number of unbranched alkanes of at least 4 members (excludes halogenated alkanes) is 16. The van der Waals surface area contributed by atoms with Crippen LogP contribution in [0.5, 0.6) is 0 Å². The van der Waals surface area contributed by atoms with Gasteiger partial charge in [0.25, 0.3) is 0 Å². The Balaban J connectivity index is 0. The fourth-order valence-corrected chi connectivity index (χ4v) is 4.47. The standard InChI is InChI=1S/C28H62N2.BrH/c1-7-9-11-13-15-17-19-21-23-25-29(3,4)27-28-30(5,6)26-24-22-20-18-16-14-12-10-8-2;/h7-28H2,1-6H3;1H/q+2;/p-1. The number of hydrogen-bond donors (Lipinski definition) is 0. The summed E-state index contributed by atoms with van der Waals surface area (Å²) >= 11 is 0. The maximum atomic E-state index is 2.45. The zero-order valence-electron chi connectivity index (χ0n) is 22.8. The third-order valence-electron chi connectivity index (χ3n) is 7.04. The van der Waals surface area contributed by atoms with Crippen LogP contribution in [0.4, 0.5) is 0 Å². The second-order valence-electron chi connectivity index (χ2n) is 11.4. The second-order valence-corrected chi connectivity index (χ2v) is 11.4. The molecular weight excluding hydrogens is 444 g/mol. The molecule has 0 amide bonds. The molecule has 0 atom stereocenters. The lowest BCUT2D eigenvalue weighted by Gasteiger charge is -2.36. The fraction of sp³-hybridized carbons (Fsp3) is 1.00. The number of likely N-dealkylation sites (N-methyl/N-ethyl adjacent to an activating group) is 2. The number of nitrogens with zero attached hydrogens (tertiary/aromatic N) is 2. The molecule has 31 heavy (non-hydrogen) atoms. The lowest BCUT2D eigenvalue weighted by atomic mass is 10.1. The minimum absolute atomic E-state index is 0. The van der Waals surface area contributed by atoms with Gasteiger partial charge in [0, 0.05) is 0 Å². The molecule has 0 aliphatic carbocycles. The summed E-state index contributed by atoms with van der Waals surface area (Å²) in [4.78, 5) is 0. The van der Waals surface area contributed by atoms with Gasteiger partial charge in [-0.05, 0) is 25.7 Å². The largest absolute Gasteiger partial charge is 1.00 e. The topological polar surface area (TPSA) is 0 Å². The van der Waals surface area contributed by atoms with Crippen molar-refractivity contribution in [2.75, 3.05) is 54.4 Å². The van der Waals surface area contributed by atoms with E-state index in [2.05, 4.69) is 42.0 Å².